The van der Waals surface area contributed by atoms with E-state index in [1.165, 1.54) is 15.9 Å². The van der Waals surface area contributed by atoms with E-state index in [0.29, 0.717) is 0 Å². The van der Waals surface area contributed by atoms with Gasteiger partial charge in [0, 0.05) is 0 Å². The Morgan fingerprint density at radius 2 is 0.923 bits per heavy atom. The fraction of sp³-hybridized carbons (Fsp3) is 0.0526. The molecule has 0 N–H and O–H groups in total. The topological polar surface area (TPSA) is 0 Å². The van der Waals surface area contributed by atoms with Crippen LogP contribution in [0.2, 0.25) is 0 Å². The fourth-order valence-electron chi connectivity index (χ4n) is 2.47. The van der Waals surface area contributed by atoms with Gasteiger partial charge in [0.15, 0.2) is 0 Å². The third-order valence-corrected chi connectivity index (χ3v) is 6.25. The molecule has 0 aliphatic heterocycles. The molecular weight excluding hydrogens is 365 g/mol. The molecule has 0 aliphatic rings. The van der Waals surface area contributed by atoms with Crippen molar-refractivity contribution in [1.82, 2.24) is 0 Å². The van der Waals surface area contributed by atoms with Crippen molar-refractivity contribution in [1.29, 1.82) is 0 Å². The highest BCUT2D eigenvalue weighted by Gasteiger charge is 2.24. The first-order chi connectivity index (χ1) is 12.4. The number of rotatable bonds is 4. The summed E-state index contributed by atoms with van der Waals surface area (Å²) in [4.78, 5) is 0. The van der Waals surface area contributed by atoms with Crippen LogP contribution < -0.4 is 15.9 Å². The van der Waals surface area contributed by atoms with Gasteiger partial charge in [0.2, 0.25) is 0 Å². The number of hydrogen-bond acceptors (Lipinski definition) is 0. The lowest BCUT2D eigenvalue weighted by molar-refractivity contribution is 0.368. The molecule has 0 radical (unpaired) electrons. The molecule has 0 bridgehead atoms. The second kappa shape index (κ2) is 9.49. The third kappa shape index (κ3) is 6.60. The maximum Gasteiger partial charge on any atom is 0.673 e. The van der Waals surface area contributed by atoms with Crippen molar-refractivity contribution in [2.24, 2.45) is 0 Å². The Morgan fingerprint density at radius 1 is 0.577 bits per heavy atom. The molecule has 3 aromatic carbocycles. The average molecular weight is 382 g/mol. The van der Waals surface area contributed by atoms with Gasteiger partial charge in [0.05, 0.1) is 7.92 Å². The van der Waals surface area contributed by atoms with Gasteiger partial charge in [-0.2, -0.15) is 0 Å². The van der Waals surface area contributed by atoms with Gasteiger partial charge < -0.3 is 17.3 Å². The van der Waals surface area contributed by atoms with Crippen LogP contribution in [0.15, 0.2) is 84.9 Å². The van der Waals surface area contributed by atoms with Crippen LogP contribution >= 0.6 is 7.92 Å². The standard InChI is InChI=1S/C19H16FP.BF4/c20-15-16-11-13-19(14-12-16)21(17-7-3-1-4-8-17)18-9-5-2-6-10-18;2-1(3,4)5/h1-14H,15H2;/q;-1/p+1. The summed E-state index contributed by atoms with van der Waals surface area (Å²) in [6.07, 6.45) is 0. The summed E-state index contributed by atoms with van der Waals surface area (Å²) >= 11 is 0. The number of hydrogen-bond donors (Lipinski definition) is 0. The van der Waals surface area contributed by atoms with Crippen LogP contribution in [-0.4, -0.2) is 7.25 Å². The van der Waals surface area contributed by atoms with Crippen molar-refractivity contribution >= 4 is 31.1 Å². The molecule has 0 heterocycles. The maximum atomic E-state index is 12.7. The molecule has 0 spiro atoms. The normalized spacial score (nSPS) is 11.0. The van der Waals surface area contributed by atoms with E-state index in [1.807, 2.05) is 24.3 Å². The van der Waals surface area contributed by atoms with Crippen LogP contribution in [-0.2, 0) is 6.67 Å². The average Bonchev–Trinajstić information content (AvgIpc) is 2.63. The molecular formula is C19H17BF5P. The molecule has 0 fully saturated rings. The second-order valence-electron chi connectivity index (χ2n) is 5.43. The minimum Gasteiger partial charge on any atom is -0.418 e. The summed E-state index contributed by atoms with van der Waals surface area (Å²) in [5.74, 6) is 0. The van der Waals surface area contributed by atoms with Crippen LogP contribution in [0.3, 0.4) is 0 Å². The molecule has 0 aromatic heterocycles. The molecule has 3 aromatic rings. The van der Waals surface area contributed by atoms with Crippen LogP contribution in [0.5, 0.6) is 0 Å². The van der Waals surface area contributed by atoms with E-state index >= 15 is 0 Å². The SMILES string of the molecule is FCc1ccc([PH+](c2ccccc2)c2ccccc2)cc1.F[B-](F)(F)F. The van der Waals surface area contributed by atoms with E-state index in [4.69, 9.17) is 0 Å². The Morgan fingerprint density at radius 3 is 1.27 bits per heavy atom. The first kappa shape index (κ1) is 20.1. The Balaban J connectivity index is 0.000000431. The van der Waals surface area contributed by atoms with Crippen LogP contribution in [0, 0.1) is 0 Å². The van der Waals surface area contributed by atoms with Crippen LogP contribution in [0.4, 0.5) is 21.7 Å². The highest BCUT2D eigenvalue weighted by Crippen LogP contribution is 2.32. The quantitative estimate of drug-likeness (QED) is 0.341. The van der Waals surface area contributed by atoms with E-state index < -0.39 is 21.9 Å². The molecule has 0 unspecified atom stereocenters. The zero-order valence-corrected chi connectivity index (χ0v) is 14.8. The lowest BCUT2D eigenvalue weighted by Gasteiger charge is -2.10. The monoisotopic (exact) mass is 382 g/mol. The molecule has 0 saturated carbocycles. The fourth-order valence-corrected chi connectivity index (χ4v) is 5.02. The summed E-state index contributed by atoms with van der Waals surface area (Å²) < 4.78 is 51.7. The van der Waals surface area contributed by atoms with Crippen LogP contribution in [0.1, 0.15) is 5.56 Å². The van der Waals surface area contributed by atoms with E-state index in [1.54, 1.807) is 0 Å². The Bertz CT molecular complexity index is 731. The lowest BCUT2D eigenvalue weighted by atomic mass is 10.2. The molecule has 0 saturated heterocycles. The smallest absolute Gasteiger partial charge is 0.418 e. The van der Waals surface area contributed by atoms with Gasteiger partial charge in [-0.15, -0.1) is 0 Å². The third-order valence-electron chi connectivity index (χ3n) is 3.52. The summed E-state index contributed by atoms with van der Waals surface area (Å²) in [5.41, 5.74) is 0.737. The van der Waals surface area contributed by atoms with E-state index in [2.05, 4.69) is 60.7 Å². The second-order valence-corrected chi connectivity index (χ2v) is 7.91. The first-order valence-electron chi connectivity index (χ1n) is 7.89. The summed E-state index contributed by atoms with van der Waals surface area (Å²) in [7, 11) is -7.02. The Labute approximate surface area is 150 Å². The predicted molar refractivity (Wildman–Crippen MR) is 102 cm³/mol. The Kier molecular flexibility index (Phi) is 7.34. The highest BCUT2D eigenvalue weighted by molar-refractivity contribution is 7.79. The zero-order valence-electron chi connectivity index (χ0n) is 13.8. The molecule has 0 atom stereocenters. The highest BCUT2D eigenvalue weighted by atomic mass is 31.1. The lowest BCUT2D eigenvalue weighted by Crippen LogP contribution is -2.20. The van der Waals surface area contributed by atoms with Gasteiger partial charge in [0.1, 0.15) is 22.6 Å². The molecule has 0 aliphatic carbocycles. The summed E-state index contributed by atoms with van der Waals surface area (Å²) in [5, 5.41) is 3.98. The van der Waals surface area contributed by atoms with Crippen molar-refractivity contribution in [3.8, 4) is 0 Å². The molecule has 136 valence electrons. The van der Waals surface area contributed by atoms with E-state index in [0.717, 1.165) is 5.56 Å². The Hall–Kier alpha value is -2.20. The minimum absolute atomic E-state index is 0.404. The number of halogens is 5. The maximum absolute atomic E-state index is 12.7. The molecule has 7 heteroatoms. The van der Waals surface area contributed by atoms with Gasteiger partial charge in [0.25, 0.3) is 0 Å². The number of benzene rings is 3. The van der Waals surface area contributed by atoms with Crippen molar-refractivity contribution in [3.05, 3.63) is 90.5 Å². The number of alkyl halides is 1. The first-order valence-corrected chi connectivity index (χ1v) is 9.39. The molecule has 0 nitrogen and oxygen atoms in total. The minimum atomic E-state index is -6.00. The largest absolute Gasteiger partial charge is 0.673 e. The van der Waals surface area contributed by atoms with Crippen molar-refractivity contribution < 1.29 is 21.7 Å². The van der Waals surface area contributed by atoms with Crippen molar-refractivity contribution in [3.63, 3.8) is 0 Å². The molecule has 3 rings (SSSR count). The molecule has 0 amide bonds. The van der Waals surface area contributed by atoms with E-state index in [-0.39, 0.29) is 0 Å². The van der Waals surface area contributed by atoms with Crippen molar-refractivity contribution in [2.75, 3.05) is 0 Å². The zero-order chi connectivity index (χ0) is 19.0. The van der Waals surface area contributed by atoms with Gasteiger partial charge in [-0.25, -0.2) is 4.39 Å². The van der Waals surface area contributed by atoms with Crippen LogP contribution in [0.25, 0.3) is 0 Å². The molecule has 26 heavy (non-hydrogen) atoms. The van der Waals surface area contributed by atoms with E-state index in [9.17, 15) is 21.7 Å². The predicted octanol–water partition coefficient (Wildman–Crippen LogP) is 4.95. The van der Waals surface area contributed by atoms with Gasteiger partial charge >= 0.3 is 7.25 Å². The van der Waals surface area contributed by atoms with Gasteiger partial charge in [-0.05, 0) is 42.0 Å². The summed E-state index contributed by atoms with van der Waals surface area (Å²) in [6.45, 7) is -0.404. The van der Waals surface area contributed by atoms with Gasteiger partial charge in [-0.3, -0.25) is 0 Å². The van der Waals surface area contributed by atoms with Gasteiger partial charge in [-0.1, -0.05) is 48.5 Å². The van der Waals surface area contributed by atoms with Crippen molar-refractivity contribution in [2.45, 2.75) is 6.67 Å². The summed E-state index contributed by atoms with van der Waals surface area (Å²) in [6, 6.07) is 29.1.